The molecular formula is C13H28N4. The molecule has 0 radical (unpaired) electrons. The van der Waals surface area contributed by atoms with Gasteiger partial charge in [0.1, 0.15) is 0 Å². The largest absolute Gasteiger partial charge is 0.356 e. The lowest BCUT2D eigenvalue weighted by Gasteiger charge is -2.25. The molecule has 0 aliphatic heterocycles. The first-order chi connectivity index (χ1) is 8.22. The molecule has 1 rings (SSSR count). The number of rotatable bonds is 5. The molecule has 2 N–H and O–H groups in total. The van der Waals surface area contributed by atoms with E-state index in [0.717, 1.165) is 25.5 Å². The molecule has 17 heavy (non-hydrogen) atoms. The van der Waals surface area contributed by atoms with Crippen molar-refractivity contribution in [1.29, 1.82) is 0 Å². The fraction of sp³-hybridized carbons (Fsp3) is 0.923. The normalized spacial score (nSPS) is 18.5. The predicted octanol–water partition coefficient (Wildman–Crippen LogP) is 1.44. The zero-order valence-corrected chi connectivity index (χ0v) is 11.6. The molecule has 1 fully saturated rings. The number of nitrogens with one attached hydrogen (secondary N) is 2. The van der Waals surface area contributed by atoms with E-state index < -0.39 is 0 Å². The van der Waals surface area contributed by atoms with Gasteiger partial charge in [-0.15, -0.1) is 0 Å². The lowest BCUT2D eigenvalue weighted by atomic mass is 9.96. The van der Waals surface area contributed by atoms with Crippen LogP contribution in [-0.4, -0.2) is 51.1 Å². The van der Waals surface area contributed by atoms with E-state index in [1.165, 1.54) is 32.1 Å². The second kappa shape index (κ2) is 8.34. The van der Waals surface area contributed by atoms with Gasteiger partial charge in [-0.05, 0) is 39.9 Å². The van der Waals surface area contributed by atoms with E-state index in [2.05, 4.69) is 34.6 Å². The Labute approximate surface area is 106 Å². The minimum atomic E-state index is 0.629. The standard InChI is InChI=1S/C13H28N4/c1-14-13(15-10-7-11-17(2)3)16-12-8-5-4-6-9-12/h12H,4-11H2,1-3H3,(H2,14,15,16). The molecule has 4 nitrogen and oxygen atoms in total. The zero-order chi connectivity index (χ0) is 12.5. The summed E-state index contributed by atoms with van der Waals surface area (Å²) in [6.07, 6.45) is 7.84. The fourth-order valence-electron chi connectivity index (χ4n) is 2.24. The minimum absolute atomic E-state index is 0.629. The molecular weight excluding hydrogens is 212 g/mol. The summed E-state index contributed by atoms with van der Waals surface area (Å²) in [6.45, 7) is 2.11. The lowest BCUT2D eigenvalue weighted by Crippen LogP contribution is -2.44. The van der Waals surface area contributed by atoms with Gasteiger partial charge in [-0.2, -0.15) is 0 Å². The van der Waals surface area contributed by atoms with Gasteiger partial charge in [0.05, 0.1) is 0 Å². The van der Waals surface area contributed by atoms with Gasteiger partial charge in [-0.1, -0.05) is 19.3 Å². The SMILES string of the molecule is CN=C(NCCCN(C)C)NC1CCCCC1. The second-order valence-electron chi connectivity index (χ2n) is 5.14. The molecule has 0 unspecified atom stereocenters. The van der Waals surface area contributed by atoms with Crippen LogP contribution in [0.15, 0.2) is 4.99 Å². The van der Waals surface area contributed by atoms with Crippen LogP contribution in [-0.2, 0) is 0 Å². The van der Waals surface area contributed by atoms with E-state index in [9.17, 15) is 0 Å². The van der Waals surface area contributed by atoms with Crippen LogP contribution in [0.2, 0.25) is 0 Å². The van der Waals surface area contributed by atoms with Crippen molar-refractivity contribution in [3.05, 3.63) is 0 Å². The van der Waals surface area contributed by atoms with Crippen LogP contribution >= 0.6 is 0 Å². The molecule has 0 atom stereocenters. The summed E-state index contributed by atoms with van der Waals surface area (Å²) >= 11 is 0. The highest BCUT2D eigenvalue weighted by molar-refractivity contribution is 5.79. The van der Waals surface area contributed by atoms with Gasteiger partial charge in [0.2, 0.25) is 0 Å². The van der Waals surface area contributed by atoms with E-state index in [0.29, 0.717) is 6.04 Å². The number of guanidine groups is 1. The predicted molar refractivity (Wildman–Crippen MR) is 74.5 cm³/mol. The Kier molecular flexibility index (Phi) is 7.01. The highest BCUT2D eigenvalue weighted by Crippen LogP contribution is 2.17. The average Bonchev–Trinajstić information content (AvgIpc) is 2.34. The molecule has 1 aliphatic carbocycles. The van der Waals surface area contributed by atoms with E-state index in [4.69, 9.17) is 0 Å². The average molecular weight is 240 g/mol. The molecule has 1 saturated carbocycles. The summed E-state index contributed by atoms with van der Waals surface area (Å²) in [4.78, 5) is 6.49. The monoisotopic (exact) mass is 240 g/mol. The van der Waals surface area contributed by atoms with Gasteiger partial charge in [-0.25, -0.2) is 0 Å². The first-order valence-electron chi connectivity index (χ1n) is 6.84. The van der Waals surface area contributed by atoms with Crippen molar-refractivity contribution in [2.45, 2.75) is 44.6 Å². The van der Waals surface area contributed by atoms with Crippen LogP contribution in [0.4, 0.5) is 0 Å². The van der Waals surface area contributed by atoms with Crippen LogP contribution < -0.4 is 10.6 Å². The van der Waals surface area contributed by atoms with Gasteiger partial charge < -0.3 is 15.5 Å². The molecule has 0 saturated heterocycles. The molecule has 0 amide bonds. The van der Waals surface area contributed by atoms with Crippen LogP contribution in [0.5, 0.6) is 0 Å². The topological polar surface area (TPSA) is 39.7 Å². The number of aliphatic imine (C=N–C) groups is 1. The molecule has 1 aliphatic rings. The van der Waals surface area contributed by atoms with Crippen molar-refractivity contribution < 1.29 is 0 Å². The van der Waals surface area contributed by atoms with Gasteiger partial charge in [0, 0.05) is 19.6 Å². The number of hydrogen-bond acceptors (Lipinski definition) is 2. The van der Waals surface area contributed by atoms with E-state index in [1.807, 2.05) is 7.05 Å². The van der Waals surface area contributed by atoms with Crippen molar-refractivity contribution in [2.24, 2.45) is 4.99 Å². The first-order valence-corrected chi connectivity index (χ1v) is 6.84. The summed E-state index contributed by atoms with van der Waals surface area (Å²) in [5.41, 5.74) is 0. The van der Waals surface area contributed by atoms with Crippen LogP contribution in [0, 0.1) is 0 Å². The number of nitrogens with zero attached hydrogens (tertiary/aromatic N) is 2. The lowest BCUT2D eigenvalue weighted by molar-refractivity contribution is 0.395. The minimum Gasteiger partial charge on any atom is -0.356 e. The Morgan fingerprint density at radius 3 is 2.53 bits per heavy atom. The molecule has 0 spiro atoms. The molecule has 0 aromatic heterocycles. The summed E-state index contributed by atoms with van der Waals surface area (Å²) in [5, 5.41) is 6.90. The highest BCUT2D eigenvalue weighted by atomic mass is 15.2. The highest BCUT2D eigenvalue weighted by Gasteiger charge is 2.13. The quantitative estimate of drug-likeness (QED) is 0.434. The zero-order valence-electron chi connectivity index (χ0n) is 11.6. The van der Waals surface area contributed by atoms with E-state index in [1.54, 1.807) is 0 Å². The summed E-state index contributed by atoms with van der Waals surface area (Å²) in [6, 6.07) is 0.629. The van der Waals surface area contributed by atoms with E-state index >= 15 is 0 Å². The molecule has 100 valence electrons. The summed E-state index contributed by atoms with van der Waals surface area (Å²) in [7, 11) is 6.06. The fourth-order valence-corrected chi connectivity index (χ4v) is 2.24. The Morgan fingerprint density at radius 1 is 1.24 bits per heavy atom. The number of hydrogen-bond donors (Lipinski definition) is 2. The Balaban J connectivity index is 2.15. The molecule has 4 heteroatoms. The smallest absolute Gasteiger partial charge is 0.191 e. The molecule has 0 aromatic rings. The second-order valence-corrected chi connectivity index (χ2v) is 5.14. The molecule has 0 aromatic carbocycles. The third kappa shape index (κ3) is 6.51. The van der Waals surface area contributed by atoms with Crippen molar-refractivity contribution >= 4 is 5.96 Å². The van der Waals surface area contributed by atoms with Crippen molar-refractivity contribution in [2.75, 3.05) is 34.2 Å². The van der Waals surface area contributed by atoms with Crippen LogP contribution in [0.3, 0.4) is 0 Å². The Hall–Kier alpha value is -0.770. The van der Waals surface area contributed by atoms with Gasteiger partial charge in [0.15, 0.2) is 5.96 Å². The first kappa shape index (κ1) is 14.3. The van der Waals surface area contributed by atoms with Crippen LogP contribution in [0.1, 0.15) is 38.5 Å². The Morgan fingerprint density at radius 2 is 1.94 bits per heavy atom. The molecule has 0 bridgehead atoms. The van der Waals surface area contributed by atoms with Gasteiger partial charge in [0.25, 0.3) is 0 Å². The van der Waals surface area contributed by atoms with Crippen molar-refractivity contribution in [1.82, 2.24) is 15.5 Å². The third-order valence-electron chi connectivity index (χ3n) is 3.24. The van der Waals surface area contributed by atoms with Crippen molar-refractivity contribution in [3.8, 4) is 0 Å². The Bertz CT molecular complexity index is 219. The van der Waals surface area contributed by atoms with Crippen molar-refractivity contribution in [3.63, 3.8) is 0 Å². The summed E-state index contributed by atoms with van der Waals surface area (Å²) < 4.78 is 0. The van der Waals surface area contributed by atoms with Gasteiger partial charge in [-0.3, -0.25) is 4.99 Å². The maximum atomic E-state index is 4.28. The summed E-state index contributed by atoms with van der Waals surface area (Å²) in [5.74, 6) is 0.968. The van der Waals surface area contributed by atoms with E-state index in [-0.39, 0.29) is 0 Å². The maximum Gasteiger partial charge on any atom is 0.191 e. The maximum absolute atomic E-state index is 4.28. The molecule has 0 heterocycles. The third-order valence-corrected chi connectivity index (χ3v) is 3.24. The van der Waals surface area contributed by atoms with Gasteiger partial charge >= 0.3 is 0 Å². The van der Waals surface area contributed by atoms with Crippen LogP contribution in [0.25, 0.3) is 0 Å².